The number of fused-ring (bicyclic) bond motifs is 2. The van der Waals surface area contributed by atoms with Crippen LogP contribution >= 0.6 is 0 Å². The van der Waals surface area contributed by atoms with Gasteiger partial charge < -0.3 is 9.47 Å². The topological polar surface area (TPSA) is 35.5 Å². The molecule has 0 aromatic carbocycles. The van der Waals surface area contributed by atoms with Gasteiger partial charge in [0.2, 0.25) is 0 Å². The van der Waals surface area contributed by atoms with Gasteiger partial charge in [-0.05, 0) is 51.0 Å². The van der Waals surface area contributed by atoms with Crippen LogP contribution in [-0.2, 0) is 14.3 Å². The normalized spacial score (nSPS) is 27.9. The molecule has 0 amide bonds. The van der Waals surface area contributed by atoms with Crippen LogP contribution in [0.1, 0.15) is 97.8 Å². The Kier molecular flexibility index (Phi) is 8.84. The van der Waals surface area contributed by atoms with Crippen LogP contribution in [0, 0.1) is 11.8 Å². The number of hydrogen-bond donors (Lipinski definition) is 0. The van der Waals surface area contributed by atoms with E-state index in [-0.39, 0.29) is 18.2 Å². The zero-order valence-corrected chi connectivity index (χ0v) is 16.6. The highest BCUT2D eigenvalue weighted by molar-refractivity contribution is 5.66. The third-order valence-electron chi connectivity index (χ3n) is 5.62. The van der Waals surface area contributed by atoms with Crippen LogP contribution in [0.4, 0.5) is 0 Å². The Hall–Kier alpha value is -0.990. The molecular weight excluding hydrogens is 312 g/mol. The van der Waals surface area contributed by atoms with Crippen molar-refractivity contribution in [1.82, 2.24) is 0 Å². The number of rotatable bonds is 5. The van der Waals surface area contributed by atoms with E-state index in [0.29, 0.717) is 5.92 Å². The number of hydrogen-bond acceptors (Lipinski definition) is 3. The molecule has 0 aromatic rings. The van der Waals surface area contributed by atoms with Crippen molar-refractivity contribution >= 4 is 5.97 Å². The lowest BCUT2D eigenvalue weighted by Gasteiger charge is -2.31. The summed E-state index contributed by atoms with van der Waals surface area (Å²) >= 11 is 0. The van der Waals surface area contributed by atoms with Crippen LogP contribution in [0.15, 0.2) is 11.8 Å². The molecule has 2 bridgehead atoms. The molecule has 3 heteroatoms. The number of carbonyl (C=O) groups excluding carboxylic acids is 1. The Bertz CT molecular complexity index is 429. The Morgan fingerprint density at radius 3 is 2.36 bits per heavy atom. The first-order chi connectivity index (χ1) is 12.0. The highest BCUT2D eigenvalue weighted by Crippen LogP contribution is 2.36. The molecule has 0 heterocycles. The van der Waals surface area contributed by atoms with Crippen molar-refractivity contribution in [1.29, 1.82) is 0 Å². The summed E-state index contributed by atoms with van der Waals surface area (Å²) < 4.78 is 11.5. The minimum absolute atomic E-state index is 0.0823. The van der Waals surface area contributed by atoms with Gasteiger partial charge in [0, 0.05) is 19.8 Å². The monoisotopic (exact) mass is 350 g/mol. The average molecular weight is 351 g/mol. The van der Waals surface area contributed by atoms with Gasteiger partial charge in [-0.15, -0.1) is 0 Å². The summed E-state index contributed by atoms with van der Waals surface area (Å²) in [6, 6.07) is 0. The van der Waals surface area contributed by atoms with E-state index in [1.165, 1.54) is 76.9 Å². The molecule has 0 radical (unpaired) electrons. The second-order valence-electron chi connectivity index (χ2n) is 8.34. The van der Waals surface area contributed by atoms with Crippen molar-refractivity contribution < 1.29 is 14.3 Å². The second-order valence-corrected chi connectivity index (χ2v) is 8.34. The molecule has 25 heavy (non-hydrogen) atoms. The van der Waals surface area contributed by atoms with E-state index < -0.39 is 0 Å². The zero-order valence-electron chi connectivity index (χ0n) is 16.6. The molecule has 2 rings (SSSR count). The maximum Gasteiger partial charge on any atom is 0.302 e. The van der Waals surface area contributed by atoms with Crippen LogP contribution in [0.25, 0.3) is 0 Å². The zero-order chi connectivity index (χ0) is 18.1. The van der Waals surface area contributed by atoms with Crippen molar-refractivity contribution in [2.75, 3.05) is 0 Å². The fourth-order valence-corrected chi connectivity index (χ4v) is 4.53. The van der Waals surface area contributed by atoms with Crippen LogP contribution < -0.4 is 0 Å². The molecule has 2 aliphatic rings. The first kappa shape index (κ1) is 20.3. The summed E-state index contributed by atoms with van der Waals surface area (Å²) in [4.78, 5) is 11.1. The molecule has 0 unspecified atom stereocenters. The van der Waals surface area contributed by atoms with Gasteiger partial charge in [-0.2, -0.15) is 0 Å². The van der Waals surface area contributed by atoms with Crippen molar-refractivity contribution in [3.05, 3.63) is 11.8 Å². The van der Waals surface area contributed by atoms with Crippen molar-refractivity contribution in [3.63, 3.8) is 0 Å². The van der Waals surface area contributed by atoms with E-state index in [1.54, 1.807) is 0 Å². The average Bonchev–Trinajstić information content (AvgIpc) is 2.50. The van der Waals surface area contributed by atoms with Gasteiger partial charge in [0.15, 0.2) is 0 Å². The standard InChI is InChI=1S/C22H38O3/c1-17(24-19(3)23)13-18(2)25-22-15-20-11-9-7-5-4-6-8-10-12-21(14-20)16-22/h15,17-18,20-21H,4-14,16H2,1-3H3/t17-,18-,20+,21-/m1/s1. The molecular formula is C22H38O3. The lowest BCUT2D eigenvalue weighted by molar-refractivity contribution is -0.146. The van der Waals surface area contributed by atoms with Gasteiger partial charge in [0.25, 0.3) is 0 Å². The molecule has 1 fully saturated rings. The Morgan fingerprint density at radius 2 is 1.68 bits per heavy atom. The predicted octanol–water partition coefficient (Wildman–Crippen LogP) is 6.17. The Labute approximate surface area is 154 Å². The van der Waals surface area contributed by atoms with E-state index in [4.69, 9.17) is 9.47 Å². The first-order valence-corrected chi connectivity index (χ1v) is 10.6. The van der Waals surface area contributed by atoms with Gasteiger partial charge in [-0.1, -0.05) is 44.9 Å². The maximum absolute atomic E-state index is 11.1. The van der Waals surface area contributed by atoms with E-state index >= 15 is 0 Å². The van der Waals surface area contributed by atoms with E-state index in [9.17, 15) is 4.79 Å². The first-order valence-electron chi connectivity index (χ1n) is 10.6. The number of carbonyl (C=O) groups is 1. The van der Waals surface area contributed by atoms with Gasteiger partial charge >= 0.3 is 5.97 Å². The number of ether oxygens (including phenoxy) is 2. The van der Waals surface area contributed by atoms with Crippen molar-refractivity contribution in [2.24, 2.45) is 11.8 Å². The summed E-state index contributed by atoms with van der Waals surface area (Å²) in [5.74, 6) is 2.48. The highest BCUT2D eigenvalue weighted by atomic mass is 16.5. The van der Waals surface area contributed by atoms with E-state index in [1.807, 2.05) is 6.92 Å². The molecule has 0 N–H and O–H groups in total. The molecule has 0 aromatic heterocycles. The number of allylic oxidation sites excluding steroid dienone is 2. The van der Waals surface area contributed by atoms with Gasteiger partial charge in [-0.25, -0.2) is 0 Å². The van der Waals surface area contributed by atoms with Crippen LogP contribution in [0.5, 0.6) is 0 Å². The lowest BCUT2D eigenvalue weighted by Crippen LogP contribution is -2.23. The second kappa shape index (κ2) is 10.9. The molecule has 0 saturated heterocycles. The third kappa shape index (κ3) is 8.29. The van der Waals surface area contributed by atoms with Gasteiger partial charge in [0.05, 0.1) is 11.9 Å². The van der Waals surface area contributed by atoms with Crippen LogP contribution in [0.3, 0.4) is 0 Å². The Balaban J connectivity index is 1.88. The molecule has 2 aliphatic carbocycles. The van der Waals surface area contributed by atoms with E-state index in [2.05, 4.69) is 13.0 Å². The Morgan fingerprint density at radius 1 is 1.04 bits per heavy atom. The molecule has 0 spiro atoms. The highest BCUT2D eigenvalue weighted by Gasteiger charge is 2.24. The molecule has 4 atom stereocenters. The summed E-state index contributed by atoms with van der Waals surface area (Å²) in [6.07, 6.45) is 18.1. The van der Waals surface area contributed by atoms with Crippen LogP contribution in [0.2, 0.25) is 0 Å². The van der Waals surface area contributed by atoms with E-state index in [0.717, 1.165) is 18.8 Å². The summed E-state index contributed by atoms with van der Waals surface area (Å²) in [5, 5.41) is 0. The SMILES string of the molecule is CC(=O)O[C@H](C)C[C@@H](C)OC1=C[C@H]2CCCCCCCCC[C@@H](C1)C2. The predicted molar refractivity (Wildman–Crippen MR) is 102 cm³/mol. The molecule has 144 valence electrons. The quantitative estimate of drug-likeness (QED) is 0.556. The van der Waals surface area contributed by atoms with Gasteiger partial charge in [0.1, 0.15) is 6.10 Å². The summed E-state index contributed by atoms with van der Waals surface area (Å²) in [5.41, 5.74) is 0. The summed E-state index contributed by atoms with van der Waals surface area (Å²) in [7, 11) is 0. The summed E-state index contributed by atoms with van der Waals surface area (Å²) in [6.45, 7) is 5.51. The largest absolute Gasteiger partial charge is 0.495 e. The number of esters is 1. The van der Waals surface area contributed by atoms with Crippen molar-refractivity contribution in [2.45, 2.75) is 110 Å². The fraction of sp³-hybridized carbons (Fsp3) is 0.864. The lowest BCUT2D eigenvalue weighted by atomic mass is 9.80. The fourth-order valence-electron chi connectivity index (χ4n) is 4.53. The van der Waals surface area contributed by atoms with Crippen molar-refractivity contribution in [3.8, 4) is 0 Å². The maximum atomic E-state index is 11.1. The smallest absolute Gasteiger partial charge is 0.302 e. The molecule has 0 aliphatic heterocycles. The molecule has 3 nitrogen and oxygen atoms in total. The minimum atomic E-state index is -0.210. The minimum Gasteiger partial charge on any atom is -0.495 e. The molecule has 1 saturated carbocycles. The van der Waals surface area contributed by atoms with Gasteiger partial charge in [-0.3, -0.25) is 4.79 Å². The third-order valence-corrected chi connectivity index (χ3v) is 5.62. The van der Waals surface area contributed by atoms with Crippen LogP contribution in [-0.4, -0.2) is 18.2 Å².